The zero-order valence-electron chi connectivity index (χ0n) is 15.0. The molecule has 1 fully saturated rings. The number of imide groups is 1. The average Bonchev–Trinajstić information content (AvgIpc) is 2.97. The number of thioether (sulfide) groups is 1. The number of allylic oxidation sites excluding steroid dienone is 4. The molecule has 1 aliphatic carbocycles. The van der Waals surface area contributed by atoms with Gasteiger partial charge in [-0.25, -0.2) is 0 Å². The SMILES string of the molecule is O=C1NC(=O)C(CC2=CC=C(OCC(=O)c3ccc(OC(F)(F)F)cc3)CC2)S1. The summed E-state index contributed by atoms with van der Waals surface area (Å²) < 4.78 is 45.7. The third kappa shape index (κ3) is 6.11. The van der Waals surface area contributed by atoms with Crippen LogP contribution in [0, 0.1) is 0 Å². The molecule has 0 saturated carbocycles. The minimum absolute atomic E-state index is 0.209. The zero-order valence-corrected chi connectivity index (χ0v) is 15.8. The van der Waals surface area contributed by atoms with Gasteiger partial charge in [0.15, 0.2) is 12.4 Å². The van der Waals surface area contributed by atoms with Crippen molar-refractivity contribution in [3.63, 3.8) is 0 Å². The van der Waals surface area contributed by atoms with Crippen LogP contribution in [0.15, 0.2) is 47.7 Å². The summed E-state index contributed by atoms with van der Waals surface area (Å²) in [7, 11) is 0. The minimum Gasteiger partial charge on any atom is -0.490 e. The summed E-state index contributed by atoms with van der Waals surface area (Å²) in [6, 6.07) is 4.62. The van der Waals surface area contributed by atoms with E-state index >= 15 is 0 Å². The van der Waals surface area contributed by atoms with Crippen molar-refractivity contribution in [2.75, 3.05) is 6.61 Å². The number of Topliss-reactive ketones (excluding diaryl/α,β-unsaturated/α-hetero) is 1. The lowest BCUT2D eigenvalue weighted by atomic mass is 9.99. The predicted molar refractivity (Wildman–Crippen MR) is 98.3 cm³/mol. The molecule has 2 amide bonds. The standard InChI is InChI=1S/C19H16F3NO5S/c20-19(21,22)28-14-7-3-12(4-8-14)15(24)10-27-13-5-1-11(2-6-13)9-16-17(25)23-18(26)29-16/h1,3-5,7-8,16H,2,6,9-10H2,(H,23,25,26). The van der Waals surface area contributed by atoms with Crippen molar-refractivity contribution in [1.82, 2.24) is 5.32 Å². The fourth-order valence-electron chi connectivity index (χ4n) is 2.80. The Bertz CT molecular complexity index is 877. The van der Waals surface area contributed by atoms with Gasteiger partial charge >= 0.3 is 6.36 Å². The fraction of sp³-hybridized carbons (Fsp3) is 0.316. The van der Waals surface area contributed by atoms with Gasteiger partial charge in [0.2, 0.25) is 5.91 Å². The summed E-state index contributed by atoms with van der Waals surface area (Å²) in [5.74, 6) is -0.474. The lowest BCUT2D eigenvalue weighted by Crippen LogP contribution is -2.24. The molecular weight excluding hydrogens is 411 g/mol. The van der Waals surface area contributed by atoms with Gasteiger partial charge in [-0.2, -0.15) is 0 Å². The molecule has 154 valence electrons. The second-order valence-corrected chi connectivity index (χ2v) is 7.50. The number of amides is 2. The molecule has 2 aliphatic rings. The highest BCUT2D eigenvalue weighted by Crippen LogP contribution is 2.30. The maximum atomic E-state index is 12.1. The second kappa shape index (κ2) is 8.73. The molecule has 0 radical (unpaired) electrons. The van der Waals surface area contributed by atoms with Crippen LogP contribution in [0.4, 0.5) is 18.0 Å². The van der Waals surface area contributed by atoms with Gasteiger partial charge in [-0.15, -0.1) is 13.2 Å². The number of carbonyl (C=O) groups is 3. The number of ether oxygens (including phenoxy) is 2. The van der Waals surface area contributed by atoms with Crippen molar-refractivity contribution >= 4 is 28.7 Å². The molecule has 1 aliphatic heterocycles. The molecule has 1 aromatic carbocycles. The van der Waals surface area contributed by atoms with Gasteiger partial charge in [0.25, 0.3) is 5.24 Å². The van der Waals surface area contributed by atoms with Crippen molar-refractivity contribution < 1.29 is 37.0 Å². The van der Waals surface area contributed by atoms with Crippen LogP contribution in [0.5, 0.6) is 5.75 Å². The van der Waals surface area contributed by atoms with Crippen LogP contribution in [-0.2, 0) is 9.53 Å². The molecule has 10 heteroatoms. The van der Waals surface area contributed by atoms with Gasteiger partial charge in [-0.1, -0.05) is 23.4 Å². The Kier molecular flexibility index (Phi) is 6.31. The predicted octanol–water partition coefficient (Wildman–Crippen LogP) is 4.13. The molecule has 0 spiro atoms. The Labute approximate surface area is 168 Å². The third-order valence-corrected chi connectivity index (χ3v) is 5.19. The van der Waals surface area contributed by atoms with Gasteiger partial charge in [0.1, 0.15) is 5.75 Å². The molecule has 3 rings (SSSR count). The molecule has 6 nitrogen and oxygen atoms in total. The van der Waals surface area contributed by atoms with Crippen molar-refractivity contribution in [3.05, 3.63) is 53.3 Å². The highest BCUT2D eigenvalue weighted by molar-refractivity contribution is 8.15. The normalized spacial score (nSPS) is 19.3. The Hall–Kier alpha value is -2.75. The number of carbonyl (C=O) groups excluding carboxylic acids is 3. The van der Waals surface area contributed by atoms with Crippen LogP contribution < -0.4 is 10.1 Å². The molecule has 0 bridgehead atoms. The van der Waals surface area contributed by atoms with E-state index in [0.29, 0.717) is 25.0 Å². The second-order valence-electron chi connectivity index (χ2n) is 6.33. The maximum Gasteiger partial charge on any atom is 0.573 e. The lowest BCUT2D eigenvalue weighted by molar-refractivity contribution is -0.274. The molecule has 1 heterocycles. The lowest BCUT2D eigenvalue weighted by Gasteiger charge is -2.16. The summed E-state index contributed by atoms with van der Waals surface area (Å²) in [6.45, 7) is -0.246. The van der Waals surface area contributed by atoms with E-state index in [-0.39, 0.29) is 29.1 Å². The Morgan fingerprint density at radius 1 is 1.14 bits per heavy atom. The van der Waals surface area contributed by atoms with Crippen LogP contribution in [-0.4, -0.2) is 35.1 Å². The highest BCUT2D eigenvalue weighted by Gasteiger charge is 2.32. The summed E-state index contributed by atoms with van der Waals surface area (Å²) in [5, 5.41) is 1.48. The first-order valence-electron chi connectivity index (χ1n) is 8.61. The number of hydrogen-bond donors (Lipinski definition) is 1. The quantitative estimate of drug-likeness (QED) is 0.659. The monoisotopic (exact) mass is 427 g/mol. The number of alkyl halides is 3. The van der Waals surface area contributed by atoms with Crippen LogP contribution in [0.1, 0.15) is 29.6 Å². The van der Waals surface area contributed by atoms with Crippen LogP contribution in [0.2, 0.25) is 0 Å². The van der Waals surface area contributed by atoms with E-state index in [0.717, 1.165) is 29.5 Å². The summed E-state index contributed by atoms with van der Waals surface area (Å²) >= 11 is 0.975. The topological polar surface area (TPSA) is 81.7 Å². The van der Waals surface area contributed by atoms with Gasteiger partial charge < -0.3 is 9.47 Å². The Morgan fingerprint density at radius 3 is 2.41 bits per heavy atom. The number of ketones is 1. The summed E-state index contributed by atoms with van der Waals surface area (Å²) in [5.41, 5.74) is 1.22. The first kappa shape index (κ1) is 21.0. The van der Waals surface area contributed by atoms with Crippen molar-refractivity contribution in [1.29, 1.82) is 0 Å². The number of nitrogens with one attached hydrogen (secondary N) is 1. The first-order valence-corrected chi connectivity index (χ1v) is 9.49. The van der Waals surface area contributed by atoms with E-state index < -0.39 is 17.4 Å². The number of halogens is 3. The van der Waals surface area contributed by atoms with Crippen molar-refractivity contribution in [2.24, 2.45) is 0 Å². The largest absolute Gasteiger partial charge is 0.573 e. The van der Waals surface area contributed by atoms with E-state index in [4.69, 9.17) is 4.74 Å². The third-order valence-electron chi connectivity index (χ3n) is 4.21. The molecule has 1 unspecified atom stereocenters. The Morgan fingerprint density at radius 2 is 1.86 bits per heavy atom. The smallest absolute Gasteiger partial charge is 0.490 e. The van der Waals surface area contributed by atoms with Crippen LogP contribution in [0.3, 0.4) is 0 Å². The maximum absolute atomic E-state index is 12.1. The van der Waals surface area contributed by atoms with E-state index in [1.54, 1.807) is 6.08 Å². The number of benzene rings is 1. The van der Waals surface area contributed by atoms with Crippen molar-refractivity contribution in [3.8, 4) is 5.75 Å². The molecule has 1 N–H and O–H groups in total. The van der Waals surface area contributed by atoms with Gasteiger partial charge in [-0.3, -0.25) is 19.7 Å². The van der Waals surface area contributed by atoms with Gasteiger partial charge in [-0.05, 0) is 43.2 Å². The molecule has 1 saturated heterocycles. The van der Waals surface area contributed by atoms with E-state index in [1.807, 2.05) is 6.08 Å². The minimum atomic E-state index is -4.79. The van der Waals surface area contributed by atoms with Crippen molar-refractivity contribution in [2.45, 2.75) is 30.9 Å². The zero-order chi connectivity index (χ0) is 21.0. The Balaban J connectivity index is 1.49. The fourth-order valence-corrected chi connectivity index (χ4v) is 3.68. The van der Waals surface area contributed by atoms with Crippen LogP contribution >= 0.6 is 11.8 Å². The molecule has 0 aromatic heterocycles. The van der Waals surface area contributed by atoms with E-state index in [9.17, 15) is 27.6 Å². The average molecular weight is 427 g/mol. The molecular formula is C19H16F3NO5S. The first-order chi connectivity index (χ1) is 13.7. The van der Waals surface area contributed by atoms with E-state index in [1.165, 1.54) is 12.1 Å². The molecule has 1 atom stereocenters. The van der Waals surface area contributed by atoms with Crippen LogP contribution in [0.25, 0.3) is 0 Å². The van der Waals surface area contributed by atoms with Gasteiger partial charge in [0.05, 0.1) is 11.0 Å². The molecule has 1 aromatic rings. The highest BCUT2D eigenvalue weighted by atomic mass is 32.2. The summed E-state index contributed by atoms with van der Waals surface area (Å²) in [4.78, 5) is 34.9. The number of rotatable bonds is 7. The van der Waals surface area contributed by atoms with Gasteiger partial charge in [0, 0.05) is 12.0 Å². The number of hydrogen-bond acceptors (Lipinski definition) is 6. The summed E-state index contributed by atoms with van der Waals surface area (Å²) in [6.07, 6.45) is 0.392. The molecule has 29 heavy (non-hydrogen) atoms. The van der Waals surface area contributed by atoms with E-state index in [2.05, 4.69) is 10.1 Å².